The third-order valence-corrected chi connectivity index (χ3v) is 4.40. The second-order valence-corrected chi connectivity index (χ2v) is 5.75. The summed E-state index contributed by atoms with van der Waals surface area (Å²) in [4.78, 5) is 2.34. The maximum absolute atomic E-state index is 10.4. The highest BCUT2D eigenvalue weighted by molar-refractivity contribution is 6.31. The summed E-state index contributed by atoms with van der Waals surface area (Å²) in [5.41, 5.74) is 1.90. The van der Waals surface area contributed by atoms with E-state index in [2.05, 4.69) is 24.8 Å². The predicted molar refractivity (Wildman–Crippen MR) is 77.5 cm³/mol. The standard InChI is InChI=1S/C15H22ClNO/c1-3-7-15(18)8-10-17(11-9-15)14-6-4-5-13(16)12(14)2/h4-6,18H,3,7-11H2,1-2H3. The van der Waals surface area contributed by atoms with Crippen molar-refractivity contribution in [3.63, 3.8) is 0 Å². The van der Waals surface area contributed by atoms with Gasteiger partial charge in [0.1, 0.15) is 0 Å². The molecule has 0 radical (unpaired) electrons. The smallest absolute Gasteiger partial charge is 0.0681 e. The van der Waals surface area contributed by atoms with Crippen LogP contribution in [0, 0.1) is 6.92 Å². The molecule has 18 heavy (non-hydrogen) atoms. The average Bonchev–Trinajstić information content (AvgIpc) is 2.34. The molecule has 0 spiro atoms. The lowest BCUT2D eigenvalue weighted by molar-refractivity contribution is 0.00738. The molecule has 1 saturated heterocycles. The van der Waals surface area contributed by atoms with Gasteiger partial charge in [0, 0.05) is 23.8 Å². The van der Waals surface area contributed by atoms with Gasteiger partial charge in [-0.05, 0) is 43.9 Å². The van der Waals surface area contributed by atoms with Crippen LogP contribution in [0.3, 0.4) is 0 Å². The van der Waals surface area contributed by atoms with Crippen molar-refractivity contribution in [3.8, 4) is 0 Å². The number of nitrogens with zero attached hydrogens (tertiary/aromatic N) is 1. The van der Waals surface area contributed by atoms with E-state index in [1.807, 2.05) is 12.1 Å². The number of halogens is 1. The van der Waals surface area contributed by atoms with Crippen LogP contribution in [0.5, 0.6) is 0 Å². The van der Waals surface area contributed by atoms with Gasteiger partial charge in [-0.2, -0.15) is 0 Å². The minimum Gasteiger partial charge on any atom is -0.390 e. The Hall–Kier alpha value is -0.730. The van der Waals surface area contributed by atoms with Crippen LogP contribution in [0.2, 0.25) is 5.02 Å². The van der Waals surface area contributed by atoms with Crippen LogP contribution < -0.4 is 4.90 Å². The molecule has 0 aromatic heterocycles. The molecule has 0 amide bonds. The van der Waals surface area contributed by atoms with Gasteiger partial charge in [0.25, 0.3) is 0 Å². The van der Waals surface area contributed by atoms with Crippen molar-refractivity contribution >= 4 is 17.3 Å². The second kappa shape index (κ2) is 5.50. The Morgan fingerprint density at radius 1 is 1.33 bits per heavy atom. The van der Waals surface area contributed by atoms with Crippen molar-refractivity contribution < 1.29 is 5.11 Å². The quantitative estimate of drug-likeness (QED) is 0.901. The highest BCUT2D eigenvalue weighted by Crippen LogP contribution is 2.32. The molecular formula is C15H22ClNO. The molecule has 100 valence electrons. The maximum atomic E-state index is 10.4. The number of benzene rings is 1. The van der Waals surface area contributed by atoms with Gasteiger partial charge in [0.2, 0.25) is 0 Å². The van der Waals surface area contributed by atoms with E-state index in [0.717, 1.165) is 49.4 Å². The summed E-state index contributed by atoms with van der Waals surface area (Å²) in [6, 6.07) is 6.04. The SMILES string of the molecule is CCCC1(O)CCN(c2cccc(Cl)c2C)CC1. The molecule has 1 aromatic carbocycles. The zero-order chi connectivity index (χ0) is 13.2. The van der Waals surface area contributed by atoms with Crippen molar-refractivity contribution in [1.29, 1.82) is 0 Å². The fourth-order valence-corrected chi connectivity index (χ4v) is 2.99. The van der Waals surface area contributed by atoms with Crippen LogP contribution in [-0.4, -0.2) is 23.8 Å². The monoisotopic (exact) mass is 267 g/mol. The fraction of sp³-hybridized carbons (Fsp3) is 0.600. The Kier molecular flexibility index (Phi) is 4.18. The minimum atomic E-state index is -0.447. The topological polar surface area (TPSA) is 23.5 Å². The summed E-state index contributed by atoms with van der Waals surface area (Å²) in [5.74, 6) is 0. The number of anilines is 1. The number of hydrogen-bond acceptors (Lipinski definition) is 2. The van der Waals surface area contributed by atoms with E-state index >= 15 is 0 Å². The van der Waals surface area contributed by atoms with Gasteiger partial charge in [-0.25, -0.2) is 0 Å². The highest BCUT2D eigenvalue weighted by Gasteiger charge is 2.31. The molecule has 1 aromatic rings. The minimum absolute atomic E-state index is 0.447. The van der Waals surface area contributed by atoms with E-state index in [9.17, 15) is 5.11 Å². The lowest BCUT2D eigenvalue weighted by atomic mass is 9.87. The summed E-state index contributed by atoms with van der Waals surface area (Å²) >= 11 is 6.16. The van der Waals surface area contributed by atoms with Gasteiger partial charge in [0.15, 0.2) is 0 Å². The van der Waals surface area contributed by atoms with E-state index in [-0.39, 0.29) is 0 Å². The van der Waals surface area contributed by atoms with E-state index < -0.39 is 5.60 Å². The number of piperidine rings is 1. The van der Waals surface area contributed by atoms with Gasteiger partial charge >= 0.3 is 0 Å². The first kappa shape index (κ1) is 13.7. The molecule has 1 aliphatic heterocycles. The van der Waals surface area contributed by atoms with Crippen LogP contribution >= 0.6 is 11.6 Å². The highest BCUT2D eigenvalue weighted by atomic mass is 35.5. The zero-order valence-electron chi connectivity index (χ0n) is 11.2. The third-order valence-electron chi connectivity index (χ3n) is 3.99. The van der Waals surface area contributed by atoms with Crippen LogP contribution in [0.4, 0.5) is 5.69 Å². The van der Waals surface area contributed by atoms with Crippen molar-refractivity contribution in [3.05, 3.63) is 28.8 Å². The summed E-state index contributed by atoms with van der Waals surface area (Å²) < 4.78 is 0. The number of rotatable bonds is 3. The van der Waals surface area contributed by atoms with Gasteiger partial charge in [-0.3, -0.25) is 0 Å². The molecule has 0 bridgehead atoms. The van der Waals surface area contributed by atoms with Crippen molar-refractivity contribution in [2.75, 3.05) is 18.0 Å². The number of hydrogen-bond donors (Lipinski definition) is 1. The summed E-state index contributed by atoms with van der Waals surface area (Å²) in [6.45, 7) is 6.02. The van der Waals surface area contributed by atoms with Crippen LogP contribution in [0.1, 0.15) is 38.2 Å². The van der Waals surface area contributed by atoms with E-state index in [0.29, 0.717) is 0 Å². The molecule has 2 nitrogen and oxygen atoms in total. The Bertz CT molecular complexity index is 411. The van der Waals surface area contributed by atoms with Gasteiger partial charge in [-0.1, -0.05) is 31.0 Å². The lowest BCUT2D eigenvalue weighted by Gasteiger charge is -2.40. The molecular weight excluding hydrogens is 246 g/mol. The zero-order valence-corrected chi connectivity index (χ0v) is 12.0. The van der Waals surface area contributed by atoms with Crippen LogP contribution in [0.15, 0.2) is 18.2 Å². The Balaban J connectivity index is 2.08. The normalized spacial score (nSPS) is 19.0. The fourth-order valence-electron chi connectivity index (χ4n) is 2.82. The van der Waals surface area contributed by atoms with Gasteiger partial charge in [-0.15, -0.1) is 0 Å². The third kappa shape index (κ3) is 2.81. The molecule has 0 aliphatic carbocycles. The van der Waals surface area contributed by atoms with Crippen LogP contribution in [-0.2, 0) is 0 Å². The van der Waals surface area contributed by atoms with E-state index in [4.69, 9.17) is 11.6 Å². The van der Waals surface area contributed by atoms with E-state index in [1.54, 1.807) is 0 Å². The van der Waals surface area contributed by atoms with Gasteiger partial charge in [0.05, 0.1) is 5.60 Å². The molecule has 0 unspecified atom stereocenters. The van der Waals surface area contributed by atoms with Crippen molar-refractivity contribution in [2.24, 2.45) is 0 Å². The Morgan fingerprint density at radius 2 is 2.00 bits per heavy atom. The molecule has 3 heteroatoms. The average molecular weight is 268 g/mol. The first-order chi connectivity index (χ1) is 8.56. The van der Waals surface area contributed by atoms with Crippen LogP contribution in [0.25, 0.3) is 0 Å². The molecule has 1 fully saturated rings. The second-order valence-electron chi connectivity index (χ2n) is 5.35. The molecule has 1 N–H and O–H groups in total. The molecule has 1 aliphatic rings. The summed E-state index contributed by atoms with van der Waals surface area (Å²) in [6.07, 6.45) is 3.67. The Labute approximate surface area is 115 Å². The molecule has 0 atom stereocenters. The van der Waals surface area contributed by atoms with E-state index in [1.165, 1.54) is 5.69 Å². The first-order valence-electron chi connectivity index (χ1n) is 6.78. The molecule has 1 heterocycles. The summed E-state index contributed by atoms with van der Waals surface area (Å²) in [7, 11) is 0. The molecule has 0 saturated carbocycles. The van der Waals surface area contributed by atoms with Gasteiger partial charge < -0.3 is 10.0 Å². The first-order valence-corrected chi connectivity index (χ1v) is 7.16. The largest absolute Gasteiger partial charge is 0.390 e. The molecule has 2 rings (SSSR count). The maximum Gasteiger partial charge on any atom is 0.0681 e. The summed E-state index contributed by atoms with van der Waals surface area (Å²) in [5, 5.41) is 11.2. The lowest BCUT2D eigenvalue weighted by Crippen LogP contribution is -2.44. The van der Waals surface area contributed by atoms with Crippen molar-refractivity contribution in [1.82, 2.24) is 0 Å². The van der Waals surface area contributed by atoms with Crippen molar-refractivity contribution in [2.45, 2.75) is 45.1 Å². The number of aliphatic hydroxyl groups is 1. The Morgan fingerprint density at radius 3 is 2.61 bits per heavy atom. The predicted octanol–water partition coefficient (Wildman–Crippen LogP) is 3.78.